The van der Waals surface area contributed by atoms with E-state index in [9.17, 15) is 9.18 Å². The summed E-state index contributed by atoms with van der Waals surface area (Å²) in [6.07, 6.45) is 1.72. The highest BCUT2D eigenvalue weighted by atomic mass is 19.1. The zero-order chi connectivity index (χ0) is 12.3. The molecule has 0 spiro atoms. The summed E-state index contributed by atoms with van der Waals surface area (Å²) in [4.78, 5) is 11.7. The van der Waals surface area contributed by atoms with Crippen LogP contribution >= 0.6 is 0 Å². The van der Waals surface area contributed by atoms with E-state index in [-0.39, 0.29) is 23.2 Å². The van der Waals surface area contributed by atoms with Gasteiger partial charge >= 0.3 is 0 Å². The maximum absolute atomic E-state index is 13.5. The van der Waals surface area contributed by atoms with Crippen molar-refractivity contribution in [2.24, 2.45) is 0 Å². The molecule has 0 bridgehead atoms. The van der Waals surface area contributed by atoms with Crippen molar-refractivity contribution in [1.82, 2.24) is 5.32 Å². The van der Waals surface area contributed by atoms with E-state index in [0.29, 0.717) is 0 Å². The number of nitriles is 1. The van der Waals surface area contributed by atoms with E-state index < -0.39 is 5.82 Å². The molecule has 0 aliphatic carbocycles. The van der Waals surface area contributed by atoms with Crippen LogP contribution < -0.4 is 10.6 Å². The first kappa shape index (κ1) is 11.6. The summed E-state index contributed by atoms with van der Waals surface area (Å²) in [6, 6.07) is 5.58. The molecule has 1 atom stereocenters. The number of halogens is 1. The SMILES string of the molecule is N#Cc1ccc(NC(=O)[C@@H]2CCCN2)c(F)c1. The van der Waals surface area contributed by atoms with Crippen molar-refractivity contribution in [1.29, 1.82) is 5.26 Å². The van der Waals surface area contributed by atoms with Crippen LogP contribution in [-0.4, -0.2) is 18.5 Å². The molecule has 88 valence electrons. The van der Waals surface area contributed by atoms with Crippen LogP contribution in [0.25, 0.3) is 0 Å². The van der Waals surface area contributed by atoms with Crippen molar-refractivity contribution in [3.8, 4) is 6.07 Å². The van der Waals surface area contributed by atoms with Gasteiger partial charge in [0.1, 0.15) is 5.82 Å². The van der Waals surface area contributed by atoms with Gasteiger partial charge in [-0.3, -0.25) is 4.79 Å². The molecule has 1 fully saturated rings. The third-order valence-corrected chi connectivity index (χ3v) is 2.73. The number of carbonyl (C=O) groups is 1. The Bertz CT molecular complexity index is 475. The molecule has 1 amide bonds. The Morgan fingerprint density at radius 3 is 3.00 bits per heavy atom. The van der Waals surface area contributed by atoms with Gasteiger partial charge in [0.2, 0.25) is 5.91 Å². The van der Waals surface area contributed by atoms with E-state index in [2.05, 4.69) is 10.6 Å². The summed E-state index contributed by atoms with van der Waals surface area (Å²) >= 11 is 0. The second-order valence-electron chi connectivity index (χ2n) is 3.94. The summed E-state index contributed by atoms with van der Waals surface area (Å²) in [5, 5.41) is 14.1. The van der Waals surface area contributed by atoms with Crippen molar-refractivity contribution in [3.05, 3.63) is 29.6 Å². The summed E-state index contributed by atoms with van der Waals surface area (Å²) in [7, 11) is 0. The molecule has 1 aromatic rings. The highest BCUT2D eigenvalue weighted by Crippen LogP contribution is 2.16. The topological polar surface area (TPSA) is 64.9 Å². The van der Waals surface area contributed by atoms with E-state index >= 15 is 0 Å². The number of anilines is 1. The third kappa shape index (κ3) is 2.60. The fourth-order valence-electron chi connectivity index (χ4n) is 1.81. The van der Waals surface area contributed by atoms with Gasteiger partial charge in [-0.25, -0.2) is 4.39 Å². The molecule has 5 heteroatoms. The van der Waals surface area contributed by atoms with Crippen LogP contribution in [0.4, 0.5) is 10.1 Å². The average molecular weight is 233 g/mol. The van der Waals surface area contributed by atoms with E-state index in [1.54, 1.807) is 0 Å². The van der Waals surface area contributed by atoms with Gasteiger partial charge in [-0.1, -0.05) is 0 Å². The molecule has 4 nitrogen and oxygen atoms in total. The Morgan fingerprint density at radius 1 is 1.59 bits per heavy atom. The molecule has 0 radical (unpaired) electrons. The minimum atomic E-state index is -0.588. The number of carbonyl (C=O) groups excluding carboxylic acids is 1. The molecule has 1 aliphatic rings. The van der Waals surface area contributed by atoms with E-state index in [1.807, 2.05) is 6.07 Å². The van der Waals surface area contributed by atoms with Crippen molar-refractivity contribution in [2.75, 3.05) is 11.9 Å². The number of rotatable bonds is 2. The van der Waals surface area contributed by atoms with Crippen molar-refractivity contribution >= 4 is 11.6 Å². The number of nitrogens with zero attached hydrogens (tertiary/aromatic N) is 1. The molecule has 1 aliphatic heterocycles. The standard InChI is InChI=1S/C12H12FN3O/c13-9-6-8(7-14)3-4-10(9)16-12(17)11-2-1-5-15-11/h3-4,6,11,15H,1-2,5H2,(H,16,17)/t11-/m0/s1. The van der Waals surface area contributed by atoms with Gasteiger partial charge in [-0.05, 0) is 37.6 Å². The Hall–Kier alpha value is -1.93. The summed E-state index contributed by atoms with van der Waals surface area (Å²) in [5.74, 6) is -0.818. The number of hydrogen-bond donors (Lipinski definition) is 2. The quantitative estimate of drug-likeness (QED) is 0.811. The lowest BCUT2D eigenvalue weighted by Gasteiger charge is -2.11. The predicted octanol–water partition coefficient (Wildman–Crippen LogP) is 1.39. The van der Waals surface area contributed by atoms with Crippen molar-refractivity contribution in [3.63, 3.8) is 0 Å². The Labute approximate surface area is 98.4 Å². The lowest BCUT2D eigenvalue weighted by Crippen LogP contribution is -2.35. The zero-order valence-electron chi connectivity index (χ0n) is 9.16. The molecule has 1 heterocycles. The molecule has 17 heavy (non-hydrogen) atoms. The Morgan fingerprint density at radius 2 is 2.41 bits per heavy atom. The first-order valence-electron chi connectivity index (χ1n) is 5.44. The monoisotopic (exact) mass is 233 g/mol. The van der Waals surface area contributed by atoms with Crippen molar-refractivity contribution in [2.45, 2.75) is 18.9 Å². The molecule has 0 unspecified atom stereocenters. The van der Waals surface area contributed by atoms with Crippen LogP contribution in [0.5, 0.6) is 0 Å². The molecular weight excluding hydrogens is 221 g/mol. The average Bonchev–Trinajstić information content (AvgIpc) is 2.85. The predicted molar refractivity (Wildman–Crippen MR) is 60.8 cm³/mol. The highest BCUT2D eigenvalue weighted by Gasteiger charge is 2.22. The third-order valence-electron chi connectivity index (χ3n) is 2.73. The largest absolute Gasteiger partial charge is 0.322 e. The Kier molecular flexibility index (Phi) is 3.35. The fraction of sp³-hybridized carbons (Fsp3) is 0.333. The first-order valence-corrected chi connectivity index (χ1v) is 5.44. The van der Waals surface area contributed by atoms with Crippen LogP contribution in [-0.2, 0) is 4.79 Å². The normalized spacial score (nSPS) is 18.7. The fourth-order valence-corrected chi connectivity index (χ4v) is 1.81. The summed E-state index contributed by atoms with van der Waals surface area (Å²) < 4.78 is 13.5. The van der Waals surface area contributed by atoms with E-state index in [0.717, 1.165) is 25.5 Å². The molecule has 2 N–H and O–H groups in total. The van der Waals surface area contributed by atoms with Gasteiger partial charge in [-0.15, -0.1) is 0 Å². The van der Waals surface area contributed by atoms with Crippen LogP contribution in [0.15, 0.2) is 18.2 Å². The molecule has 0 saturated carbocycles. The Balaban J connectivity index is 2.08. The van der Waals surface area contributed by atoms with Crippen molar-refractivity contribution < 1.29 is 9.18 Å². The number of nitrogens with one attached hydrogen (secondary N) is 2. The van der Waals surface area contributed by atoms with Crippen LogP contribution in [0, 0.1) is 17.1 Å². The molecule has 0 aromatic heterocycles. The van der Waals surface area contributed by atoms with Gasteiger partial charge in [-0.2, -0.15) is 5.26 Å². The second-order valence-corrected chi connectivity index (χ2v) is 3.94. The van der Waals surface area contributed by atoms with Gasteiger partial charge < -0.3 is 10.6 Å². The van der Waals surface area contributed by atoms with Gasteiger partial charge in [0.25, 0.3) is 0 Å². The first-order chi connectivity index (χ1) is 8.20. The van der Waals surface area contributed by atoms with Crippen LogP contribution in [0.1, 0.15) is 18.4 Å². The second kappa shape index (κ2) is 4.93. The molecule has 2 rings (SSSR count). The van der Waals surface area contributed by atoms with Gasteiger partial charge in [0.15, 0.2) is 0 Å². The number of amides is 1. The number of benzene rings is 1. The maximum Gasteiger partial charge on any atom is 0.241 e. The summed E-state index contributed by atoms with van der Waals surface area (Å²) in [6.45, 7) is 0.813. The van der Waals surface area contributed by atoms with Crippen LogP contribution in [0.2, 0.25) is 0 Å². The smallest absolute Gasteiger partial charge is 0.241 e. The summed E-state index contributed by atoms with van der Waals surface area (Å²) in [5.41, 5.74) is 0.349. The molecule has 1 aromatic carbocycles. The zero-order valence-corrected chi connectivity index (χ0v) is 9.16. The van der Waals surface area contributed by atoms with Gasteiger partial charge in [0, 0.05) is 0 Å². The molecule has 1 saturated heterocycles. The minimum absolute atomic E-state index is 0.114. The number of hydrogen-bond acceptors (Lipinski definition) is 3. The highest BCUT2D eigenvalue weighted by molar-refractivity contribution is 5.95. The van der Waals surface area contributed by atoms with Gasteiger partial charge in [0.05, 0.1) is 23.4 Å². The van der Waals surface area contributed by atoms with Crippen LogP contribution in [0.3, 0.4) is 0 Å². The maximum atomic E-state index is 13.5. The lowest BCUT2D eigenvalue weighted by atomic mass is 10.2. The van der Waals surface area contributed by atoms with E-state index in [1.165, 1.54) is 12.1 Å². The molecular formula is C12H12FN3O. The van der Waals surface area contributed by atoms with E-state index in [4.69, 9.17) is 5.26 Å². The lowest BCUT2D eigenvalue weighted by molar-refractivity contribution is -0.117. The minimum Gasteiger partial charge on any atom is -0.322 e.